The molecule has 0 aliphatic carbocycles. The Morgan fingerprint density at radius 3 is 3.25 bits per heavy atom. The highest BCUT2D eigenvalue weighted by molar-refractivity contribution is 7.14. The lowest BCUT2D eigenvalue weighted by molar-refractivity contribution is -0.122. The van der Waals surface area contributed by atoms with Crippen LogP contribution < -0.4 is 10.2 Å². The van der Waals surface area contributed by atoms with Gasteiger partial charge in [0.05, 0.1) is 12.0 Å². The van der Waals surface area contributed by atoms with Crippen LogP contribution in [0.25, 0.3) is 0 Å². The fraction of sp³-hybridized carbons (Fsp3) is 0.600. The van der Waals surface area contributed by atoms with E-state index in [4.69, 9.17) is 11.6 Å². The van der Waals surface area contributed by atoms with Crippen LogP contribution in [0.5, 0.6) is 0 Å². The van der Waals surface area contributed by atoms with Crippen LogP contribution in [0.4, 0.5) is 5.13 Å². The van der Waals surface area contributed by atoms with Crippen LogP contribution in [-0.4, -0.2) is 30.0 Å². The first-order chi connectivity index (χ1) is 7.75. The summed E-state index contributed by atoms with van der Waals surface area (Å²) in [5.41, 5.74) is 0. The summed E-state index contributed by atoms with van der Waals surface area (Å²) in [7, 11) is 0. The average Bonchev–Trinajstić information content (AvgIpc) is 2.86. The summed E-state index contributed by atoms with van der Waals surface area (Å²) >= 11 is 7.39. The maximum absolute atomic E-state index is 11.6. The molecule has 0 radical (unpaired) electrons. The number of hydrogen-bond donors (Lipinski definition) is 1. The number of carbonyl (C=O) groups is 1. The number of halogens is 1. The van der Waals surface area contributed by atoms with E-state index in [9.17, 15) is 4.79 Å². The number of piperidine rings is 1. The summed E-state index contributed by atoms with van der Waals surface area (Å²) in [5, 5.41) is 6.25. The van der Waals surface area contributed by atoms with Gasteiger partial charge in [0.25, 0.3) is 0 Å². The molecule has 1 amide bonds. The van der Waals surface area contributed by atoms with E-state index in [1.165, 1.54) is 0 Å². The molecule has 1 N–H and O–H groups in total. The maximum Gasteiger partial charge on any atom is 0.225 e. The van der Waals surface area contributed by atoms with E-state index in [-0.39, 0.29) is 17.9 Å². The molecule has 1 aromatic rings. The van der Waals surface area contributed by atoms with Gasteiger partial charge in [0.1, 0.15) is 5.15 Å². The number of fused-ring (bicyclic) bond motifs is 1. The predicted octanol–water partition coefficient (Wildman–Crippen LogP) is 1.51. The van der Waals surface area contributed by atoms with E-state index < -0.39 is 0 Å². The monoisotopic (exact) mass is 257 g/mol. The third kappa shape index (κ3) is 1.58. The lowest BCUT2D eigenvalue weighted by atomic mass is 9.92. The van der Waals surface area contributed by atoms with Gasteiger partial charge in [0.2, 0.25) is 5.91 Å². The van der Waals surface area contributed by atoms with Gasteiger partial charge in [-0.2, -0.15) is 0 Å². The Bertz CT molecular complexity index is 422. The van der Waals surface area contributed by atoms with Gasteiger partial charge in [-0.25, -0.2) is 4.98 Å². The van der Waals surface area contributed by atoms with E-state index in [0.717, 1.165) is 31.1 Å². The van der Waals surface area contributed by atoms with Crippen LogP contribution in [0.1, 0.15) is 12.8 Å². The quantitative estimate of drug-likeness (QED) is 0.830. The van der Waals surface area contributed by atoms with Crippen molar-refractivity contribution in [3.05, 3.63) is 10.5 Å². The van der Waals surface area contributed by atoms with Crippen LogP contribution in [-0.2, 0) is 4.79 Å². The van der Waals surface area contributed by atoms with Gasteiger partial charge in [-0.3, -0.25) is 4.79 Å². The average molecular weight is 258 g/mol. The first kappa shape index (κ1) is 10.4. The minimum absolute atomic E-state index is 0.136. The third-order valence-corrected chi connectivity index (χ3v) is 4.51. The summed E-state index contributed by atoms with van der Waals surface area (Å²) in [6.07, 6.45) is 2.04. The lowest BCUT2D eigenvalue weighted by Gasteiger charge is -2.35. The van der Waals surface area contributed by atoms with Gasteiger partial charge in [-0.15, -0.1) is 11.3 Å². The molecular weight excluding hydrogens is 246 g/mol. The first-order valence-electron chi connectivity index (χ1n) is 5.41. The predicted molar refractivity (Wildman–Crippen MR) is 64.0 cm³/mol. The lowest BCUT2D eigenvalue weighted by Crippen LogP contribution is -2.45. The van der Waals surface area contributed by atoms with Crippen molar-refractivity contribution in [2.45, 2.75) is 18.9 Å². The Morgan fingerprint density at radius 1 is 1.62 bits per heavy atom. The van der Waals surface area contributed by atoms with Crippen molar-refractivity contribution in [2.75, 3.05) is 18.0 Å². The first-order valence-corrected chi connectivity index (χ1v) is 6.67. The number of hydrogen-bond acceptors (Lipinski definition) is 4. The zero-order chi connectivity index (χ0) is 11.1. The van der Waals surface area contributed by atoms with Crippen LogP contribution in [0, 0.1) is 5.92 Å². The smallest absolute Gasteiger partial charge is 0.225 e. The molecule has 3 rings (SSSR count). The molecule has 86 valence electrons. The Labute approximate surface area is 103 Å². The van der Waals surface area contributed by atoms with Gasteiger partial charge in [0.15, 0.2) is 5.13 Å². The van der Waals surface area contributed by atoms with Crippen LogP contribution in [0.2, 0.25) is 5.15 Å². The molecule has 2 aliphatic heterocycles. The van der Waals surface area contributed by atoms with Gasteiger partial charge in [-0.1, -0.05) is 11.6 Å². The molecule has 0 aromatic carbocycles. The second-order valence-electron chi connectivity index (χ2n) is 4.21. The van der Waals surface area contributed by atoms with Gasteiger partial charge >= 0.3 is 0 Å². The van der Waals surface area contributed by atoms with Gasteiger partial charge < -0.3 is 10.2 Å². The van der Waals surface area contributed by atoms with E-state index >= 15 is 0 Å². The molecule has 2 unspecified atom stereocenters. The summed E-state index contributed by atoms with van der Waals surface area (Å²) in [6, 6.07) is 0.267. The van der Waals surface area contributed by atoms with Crippen molar-refractivity contribution in [3.63, 3.8) is 0 Å². The molecule has 0 saturated carbocycles. The topological polar surface area (TPSA) is 45.2 Å². The zero-order valence-corrected chi connectivity index (χ0v) is 10.2. The van der Waals surface area contributed by atoms with Crippen molar-refractivity contribution in [2.24, 2.45) is 5.92 Å². The molecule has 3 heterocycles. The van der Waals surface area contributed by atoms with Crippen molar-refractivity contribution in [3.8, 4) is 0 Å². The Morgan fingerprint density at radius 2 is 2.50 bits per heavy atom. The summed E-state index contributed by atoms with van der Waals surface area (Å²) in [5.74, 6) is 0.328. The van der Waals surface area contributed by atoms with Gasteiger partial charge in [-0.05, 0) is 12.8 Å². The van der Waals surface area contributed by atoms with Crippen molar-refractivity contribution < 1.29 is 4.79 Å². The zero-order valence-electron chi connectivity index (χ0n) is 8.65. The molecule has 0 spiro atoms. The van der Waals surface area contributed by atoms with E-state index in [2.05, 4.69) is 15.2 Å². The highest BCUT2D eigenvalue weighted by Gasteiger charge is 2.41. The second-order valence-corrected chi connectivity index (χ2v) is 5.43. The Kier molecular flexibility index (Phi) is 2.52. The molecule has 1 aromatic heterocycles. The number of thiazole rings is 1. The number of nitrogens with one attached hydrogen (secondary N) is 1. The third-order valence-electron chi connectivity index (χ3n) is 3.31. The summed E-state index contributed by atoms with van der Waals surface area (Å²) in [6.45, 7) is 1.71. The highest BCUT2D eigenvalue weighted by Crippen LogP contribution is 2.33. The number of carbonyl (C=O) groups excluding carboxylic acids is 1. The molecular formula is C10H12ClN3OS. The second kappa shape index (κ2) is 3.89. The van der Waals surface area contributed by atoms with Crippen LogP contribution >= 0.6 is 22.9 Å². The normalized spacial score (nSPS) is 29.1. The fourth-order valence-electron chi connectivity index (χ4n) is 2.57. The Hall–Kier alpha value is -0.810. The Balaban J connectivity index is 1.87. The standard InChI is InChI=1S/C10H12ClN3OS/c11-8-5-16-10(13-8)14-3-1-2-6-7(14)4-12-9(6)15/h5-7H,1-4H2,(H,12,15). The molecule has 2 atom stereocenters. The van der Waals surface area contributed by atoms with Crippen molar-refractivity contribution in [1.29, 1.82) is 0 Å². The van der Waals surface area contributed by atoms with Crippen LogP contribution in [0.3, 0.4) is 0 Å². The molecule has 2 saturated heterocycles. The highest BCUT2D eigenvalue weighted by atomic mass is 35.5. The minimum atomic E-state index is 0.136. The minimum Gasteiger partial charge on any atom is -0.354 e. The number of amides is 1. The van der Waals surface area contributed by atoms with Crippen molar-refractivity contribution >= 4 is 34.0 Å². The molecule has 2 fully saturated rings. The van der Waals surface area contributed by atoms with E-state index in [0.29, 0.717) is 5.15 Å². The van der Waals surface area contributed by atoms with Gasteiger partial charge in [0, 0.05) is 18.5 Å². The summed E-state index contributed by atoms with van der Waals surface area (Å²) < 4.78 is 0. The SMILES string of the molecule is O=C1NCC2C1CCCN2c1nc(Cl)cs1. The molecule has 2 aliphatic rings. The largest absolute Gasteiger partial charge is 0.354 e. The van der Waals surface area contributed by atoms with E-state index in [1.807, 2.05) is 5.38 Å². The number of rotatable bonds is 1. The summed E-state index contributed by atoms with van der Waals surface area (Å²) in [4.78, 5) is 18.1. The molecule has 16 heavy (non-hydrogen) atoms. The van der Waals surface area contributed by atoms with Crippen LogP contribution in [0.15, 0.2) is 5.38 Å². The van der Waals surface area contributed by atoms with E-state index in [1.54, 1.807) is 11.3 Å². The maximum atomic E-state index is 11.6. The number of nitrogens with zero attached hydrogens (tertiary/aromatic N) is 2. The number of anilines is 1. The van der Waals surface area contributed by atoms with Crippen molar-refractivity contribution in [1.82, 2.24) is 10.3 Å². The number of aromatic nitrogens is 1. The fourth-order valence-corrected chi connectivity index (χ4v) is 3.60. The molecule has 4 nitrogen and oxygen atoms in total. The molecule has 6 heteroatoms. The molecule has 0 bridgehead atoms.